The van der Waals surface area contributed by atoms with Gasteiger partial charge in [0.2, 0.25) is 0 Å². The molecular weight excluding hydrogens is 360 g/mol. The van der Waals surface area contributed by atoms with Crippen LogP contribution in [0.5, 0.6) is 5.75 Å². The van der Waals surface area contributed by atoms with Crippen LogP contribution in [0.3, 0.4) is 0 Å². The summed E-state index contributed by atoms with van der Waals surface area (Å²) in [5.41, 5.74) is 1.79. The Bertz CT molecular complexity index is 860. The summed E-state index contributed by atoms with van der Waals surface area (Å²) >= 11 is 0. The van der Waals surface area contributed by atoms with E-state index in [0.29, 0.717) is 47.0 Å². The number of rotatable bonds is 6. The first-order chi connectivity index (χ1) is 13.3. The van der Waals surface area contributed by atoms with Gasteiger partial charge in [-0.05, 0) is 51.2 Å². The van der Waals surface area contributed by atoms with Gasteiger partial charge in [0.1, 0.15) is 11.4 Å². The van der Waals surface area contributed by atoms with Gasteiger partial charge in [-0.15, -0.1) is 0 Å². The molecule has 2 atom stereocenters. The molecule has 0 spiro atoms. The number of hydrogen-bond donors (Lipinski definition) is 2. The Balaban J connectivity index is 1.81. The van der Waals surface area contributed by atoms with Crippen molar-refractivity contribution in [3.05, 3.63) is 29.1 Å². The van der Waals surface area contributed by atoms with Gasteiger partial charge in [-0.2, -0.15) is 0 Å². The third-order valence-electron chi connectivity index (χ3n) is 5.98. The Morgan fingerprint density at radius 3 is 2.71 bits per heavy atom. The maximum absolute atomic E-state index is 11.9. The molecule has 2 aromatic heterocycles. The summed E-state index contributed by atoms with van der Waals surface area (Å²) in [5, 5.41) is 23.2. The molecule has 1 fully saturated rings. The zero-order valence-corrected chi connectivity index (χ0v) is 16.9. The molecule has 0 unspecified atom stereocenters. The molecule has 7 nitrogen and oxygen atoms in total. The number of hydrogen-bond acceptors (Lipinski definition) is 6. The molecule has 1 saturated carbocycles. The highest BCUT2D eigenvalue weighted by atomic mass is 16.5. The van der Waals surface area contributed by atoms with Crippen LogP contribution in [0.15, 0.2) is 16.7 Å². The molecule has 2 N–H and O–H groups in total. The number of aliphatic hydroxyl groups excluding tert-OH is 1. The van der Waals surface area contributed by atoms with Crippen molar-refractivity contribution in [2.24, 2.45) is 11.3 Å². The van der Waals surface area contributed by atoms with Gasteiger partial charge < -0.3 is 19.5 Å². The summed E-state index contributed by atoms with van der Waals surface area (Å²) in [5.74, 6) is 0.403. The Kier molecular flexibility index (Phi) is 5.74. The van der Waals surface area contributed by atoms with Gasteiger partial charge in [-0.25, -0.2) is 4.98 Å². The zero-order chi connectivity index (χ0) is 20.5. The Labute approximate surface area is 164 Å². The molecule has 2 aromatic rings. The normalized spacial score (nSPS) is 22.4. The van der Waals surface area contributed by atoms with Crippen molar-refractivity contribution in [1.82, 2.24) is 10.1 Å². The van der Waals surface area contributed by atoms with Gasteiger partial charge in [0.25, 0.3) is 0 Å². The fourth-order valence-electron chi connectivity index (χ4n) is 4.08. The van der Waals surface area contributed by atoms with Crippen molar-refractivity contribution in [3.63, 3.8) is 0 Å². The van der Waals surface area contributed by atoms with E-state index in [0.717, 1.165) is 12.8 Å². The Morgan fingerprint density at radius 1 is 1.36 bits per heavy atom. The first-order valence-electron chi connectivity index (χ1n) is 9.72. The molecule has 28 heavy (non-hydrogen) atoms. The number of pyridine rings is 1. The van der Waals surface area contributed by atoms with Crippen LogP contribution in [0, 0.1) is 25.2 Å². The lowest BCUT2D eigenvalue weighted by atomic mass is 9.66. The van der Waals surface area contributed by atoms with Crippen LogP contribution in [-0.4, -0.2) is 32.4 Å². The number of carbonyl (C=O) groups is 1. The highest BCUT2D eigenvalue weighted by molar-refractivity contribution is 5.75. The van der Waals surface area contributed by atoms with Gasteiger partial charge >= 0.3 is 5.97 Å². The summed E-state index contributed by atoms with van der Waals surface area (Å²) in [4.78, 5) is 16.5. The van der Waals surface area contributed by atoms with Gasteiger partial charge in [0.15, 0.2) is 5.76 Å². The lowest BCUT2D eigenvalue weighted by Gasteiger charge is -2.40. The van der Waals surface area contributed by atoms with Gasteiger partial charge in [-0.3, -0.25) is 4.79 Å². The molecule has 0 radical (unpaired) electrons. The lowest BCUT2D eigenvalue weighted by molar-refractivity contribution is -0.157. The average Bonchev–Trinajstić information content (AvgIpc) is 3.03. The lowest BCUT2D eigenvalue weighted by Crippen LogP contribution is -2.44. The van der Waals surface area contributed by atoms with E-state index >= 15 is 0 Å². The number of aliphatic carboxylic acids is 1. The zero-order valence-electron chi connectivity index (χ0n) is 16.9. The number of aliphatic hydroxyl groups is 1. The van der Waals surface area contributed by atoms with E-state index < -0.39 is 11.4 Å². The van der Waals surface area contributed by atoms with Crippen molar-refractivity contribution in [3.8, 4) is 17.2 Å². The van der Waals surface area contributed by atoms with Crippen LogP contribution in [0.2, 0.25) is 0 Å². The molecule has 0 aliphatic heterocycles. The molecule has 1 aliphatic rings. The number of aromatic nitrogens is 2. The van der Waals surface area contributed by atoms with Gasteiger partial charge in [0.05, 0.1) is 29.5 Å². The second kappa shape index (κ2) is 7.91. The third-order valence-corrected chi connectivity index (χ3v) is 5.98. The van der Waals surface area contributed by atoms with Crippen LogP contribution in [0.1, 0.15) is 56.5 Å². The van der Waals surface area contributed by atoms with E-state index in [4.69, 9.17) is 9.26 Å². The third kappa shape index (κ3) is 3.63. The minimum Gasteiger partial charge on any atom is -0.488 e. The number of carboxylic acid groups (broad SMARTS) is 1. The number of aryl methyl sites for hydroxylation is 2. The first-order valence-corrected chi connectivity index (χ1v) is 9.72. The minimum absolute atomic E-state index is 0.0459. The van der Waals surface area contributed by atoms with Crippen molar-refractivity contribution in [2.45, 2.75) is 66.1 Å². The highest BCUT2D eigenvalue weighted by Gasteiger charge is 2.46. The molecule has 0 saturated heterocycles. The van der Waals surface area contributed by atoms with Crippen LogP contribution < -0.4 is 4.74 Å². The number of ether oxygens (including phenoxy) is 1. The van der Waals surface area contributed by atoms with Crippen LogP contribution in [0.4, 0.5) is 0 Å². The molecular formula is C21H28N2O5. The monoisotopic (exact) mass is 388 g/mol. The van der Waals surface area contributed by atoms with Crippen LogP contribution in [-0.2, 0) is 11.4 Å². The van der Waals surface area contributed by atoms with Crippen molar-refractivity contribution >= 4 is 5.97 Å². The summed E-state index contributed by atoms with van der Waals surface area (Å²) in [7, 11) is 0. The first kappa shape index (κ1) is 20.3. The van der Waals surface area contributed by atoms with Crippen LogP contribution in [0.25, 0.3) is 11.5 Å². The predicted octanol–water partition coefficient (Wildman–Crippen LogP) is 3.89. The molecule has 1 aliphatic carbocycles. The summed E-state index contributed by atoms with van der Waals surface area (Å²) < 4.78 is 11.5. The fraction of sp³-hybridized carbons (Fsp3) is 0.571. The van der Waals surface area contributed by atoms with Crippen LogP contribution >= 0.6 is 0 Å². The Morgan fingerprint density at radius 2 is 2.11 bits per heavy atom. The maximum Gasteiger partial charge on any atom is 0.310 e. The smallest absolute Gasteiger partial charge is 0.310 e. The van der Waals surface area contributed by atoms with E-state index in [2.05, 4.69) is 10.1 Å². The van der Waals surface area contributed by atoms with Crippen molar-refractivity contribution < 1.29 is 24.3 Å². The molecule has 152 valence electrons. The molecule has 0 amide bonds. The molecule has 2 heterocycles. The topological polar surface area (TPSA) is 106 Å². The SMILES string of the molecule is Cc1nc(-c2onc(C)c2CO)ccc1O[C@H]1CCC[C@@](C(=O)O)(C(C)C)C1. The van der Waals surface area contributed by atoms with E-state index in [-0.39, 0.29) is 18.6 Å². The predicted molar refractivity (Wildman–Crippen MR) is 103 cm³/mol. The quantitative estimate of drug-likeness (QED) is 0.773. The highest BCUT2D eigenvalue weighted by Crippen LogP contribution is 2.44. The summed E-state index contributed by atoms with van der Waals surface area (Å²) in [6.45, 7) is 7.39. The fourth-order valence-corrected chi connectivity index (χ4v) is 4.08. The second-order valence-electron chi connectivity index (χ2n) is 7.97. The van der Waals surface area contributed by atoms with Gasteiger partial charge in [0, 0.05) is 12.0 Å². The van der Waals surface area contributed by atoms with E-state index in [1.165, 1.54) is 0 Å². The largest absolute Gasteiger partial charge is 0.488 e. The minimum atomic E-state index is -0.739. The molecule has 0 bridgehead atoms. The number of carboxylic acids is 1. The van der Waals surface area contributed by atoms with Crippen molar-refractivity contribution in [2.75, 3.05) is 0 Å². The standard InChI is InChI=1S/C21H28N2O5/c1-12(2)21(20(25)26)9-5-6-15(10-21)27-18-8-7-17(22-14(18)4)19-16(11-24)13(3)23-28-19/h7-8,12,15,24H,5-6,9-11H2,1-4H3,(H,25,26)/t15-,21-/m0/s1. The van der Waals surface area contributed by atoms with E-state index in [9.17, 15) is 15.0 Å². The molecule has 3 rings (SSSR count). The molecule has 7 heteroatoms. The maximum atomic E-state index is 11.9. The second-order valence-corrected chi connectivity index (χ2v) is 7.97. The average molecular weight is 388 g/mol. The molecule has 0 aromatic carbocycles. The van der Waals surface area contributed by atoms with Gasteiger partial charge in [-0.1, -0.05) is 19.0 Å². The Hall–Kier alpha value is -2.41. The summed E-state index contributed by atoms with van der Waals surface area (Å²) in [6.07, 6.45) is 2.69. The van der Waals surface area contributed by atoms with E-state index in [1.54, 1.807) is 13.0 Å². The summed E-state index contributed by atoms with van der Waals surface area (Å²) in [6, 6.07) is 3.60. The number of nitrogens with zero attached hydrogens (tertiary/aromatic N) is 2. The van der Waals surface area contributed by atoms with Crippen molar-refractivity contribution in [1.29, 1.82) is 0 Å². The van der Waals surface area contributed by atoms with E-state index in [1.807, 2.05) is 26.8 Å².